The summed E-state index contributed by atoms with van der Waals surface area (Å²) in [5, 5.41) is 11.7. The Hall–Kier alpha value is -2.21. The van der Waals surface area contributed by atoms with Crippen LogP contribution in [0, 0.1) is 5.82 Å². The first-order chi connectivity index (χ1) is 12.9. The van der Waals surface area contributed by atoms with Gasteiger partial charge in [0.1, 0.15) is 5.82 Å². The maximum absolute atomic E-state index is 13.9. The Morgan fingerprint density at radius 1 is 1.07 bits per heavy atom. The molecule has 0 unspecified atom stereocenters. The number of hydrogen-bond donors (Lipinski definition) is 2. The van der Waals surface area contributed by atoms with Gasteiger partial charge in [-0.25, -0.2) is 9.18 Å². The van der Waals surface area contributed by atoms with E-state index in [1.165, 1.54) is 17.2 Å². The molecule has 6 heteroatoms. The van der Waals surface area contributed by atoms with Crippen molar-refractivity contribution in [2.45, 2.75) is 51.4 Å². The number of benzene rings is 2. The summed E-state index contributed by atoms with van der Waals surface area (Å²) in [4.78, 5) is 23.5. The fraction of sp³-hybridized carbons (Fsp3) is 0.364. The van der Waals surface area contributed by atoms with Crippen molar-refractivity contribution >= 4 is 33.5 Å². The van der Waals surface area contributed by atoms with Crippen LogP contribution in [0.3, 0.4) is 0 Å². The van der Waals surface area contributed by atoms with Gasteiger partial charge in [0.2, 0.25) is 0 Å². The Morgan fingerprint density at radius 2 is 1.71 bits per heavy atom. The lowest BCUT2D eigenvalue weighted by Gasteiger charge is -2.42. The van der Waals surface area contributed by atoms with Crippen LogP contribution in [0.1, 0.15) is 72.4 Å². The van der Waals surface area contributed by atoms with Gasteiger partial charge in [-0.15, -0.1) is 0 Å². The molecule has 0 saturated heterocycles. The van der Waals surface area contributed by atoms with Crippen molar-refractivity contribution < 1.29 is 19.1 Å². The Bertz CT molecular complexity index is 982. The molecule has 0 fully saturated rings. The minimum absolute atomic E-state index is 0.0244. The van der Waals surface area contributed by atoms with Crippen LogP contribution in [0.25, 0.3) is 0 Å². The lowest BCUT2D eigenvalue weighted by atomic mass is 9.63. The molecule has 1 aliphatic rings. The Labute approximate surface area is 172 Å². The molecule has 2 aromatic rings. The zero-order chi connectivity index (χ0) is 20.9. The highest BCUT2D eigenvalue weighted by molar-refractivity contribution is 9.10. The maximum atomic E-state index is 13.9. The van der Waals surface area contributed by atoms with Crippen LogP contribution in [0.15, 0.2) is 34.8 Å². The molecule has 1 amide bonds. The van der Waals surface area contributed by atoms with Crippen LogP contribution in [-0.2, 0) is 10.8 Å². The number of halogens is 2. The third kappa shape index (κ3) is 3.70. The monoisotopic (exact) mass is 447 g/mol. The third-order valence-corrected chi connectivity index (χ3v) is 6.22. The molecule has 0 atom stereocenters. The summed E-state index contributed by atoms with van der Waals surface area (Å²) in [6, 6.07) is 7.20. The first-order valence-corrected chi connectivity index (χ1v) is 9.90. The quantitative estimate of drug-likeness (QED) is 0.616. The van der Waals surface area contributed by atoms with E-state index in [4.69, 9.17) is 5.11 Å². The molecule has 0 aliphatic heterocycles. The number of amides is 1. The summed E-state index contributed by atoms with van der Waals surface area (Å²) in [6.07, 6.45) is 2.12. The van der Waals surface area contributed by atoms with Gasteiger partial charge in [-0.1, -0.05) is 43.6 Å². The van der Waals surface area contributed by atoms with Crippen molar-refractivity contribution in [3.05, 3.63) is 62.9 Å². The summed E-state index contributed by atoms with van der Waals surface area (Å²) in [6.45, 7) is 8.83. The molecule has 0 aromatic heterocycles. The molecule has 28 heavy (non-hydrogen) atoms. The van der Waals surface area contributed by atoms with Gasteiger partial charge in [0.05, 0.1) is 5.56 Å². The van der Waals surface area contributed by atoms with Crippen molar-refractivity contribution in [3.63, 3.8) is 0 Å². The predicted molar refractivity (Wildman–Crippen MR) is 111 cm³/mol. The molecule has 0 saturated carbocycles. The van der Waals surface area contributed by atoms with Gasteiger partial charge in [-0.3, -0.25) is 4.79 Å². The van der Waals surface area contributed by atoms with E-state index in [2.05, 4.69) is 48.9 Å². The zero-order valence-corrected chi connectivity index (χ0v) is 17.9. The second-order valence-corrected chi connectivity index (χ2v) is 9.46. The van der Waals surface area contributed by atoms with E-state index in [-0.39, 0.29) is 16.4 Å². The molecule has 2 aromatic carbocycles. The largest absolute Gasteiger partial charge is 0.478 e. The van der Waals surface area contributed by atoms with Crippen molar-refractivity contribution in [2.24, 2.45) is 0 Å². The predicted octanol–water partition coefficient (Wildman–Crippen LogP) is 5.89. The van der Waals surface area contributed by atoms with Crippen LogP contribution in [0.2, 0.25) is 0 Å². The summed E-state index contributed by atoms with van der Waals surface area (Å²) in [7, 11) is 0. The zero-order valence-electron chi connectivity index (χ0n) is 16.3. The summed E-state index contributed by atoms with van der Waals surface area (Å²) in [5.41, 5.74) is 2.65. The minimum Gasteiger partial charge on any atom is -0.478 e. The minimum atomic E-state index is -1.37. The van der Waals surface area contributed by atoms with E-state index >= 15 is 0 Å². The standard InChI is InChI=1S/C22H23BrFNO3/c1-21(2)7-8-22(3,4)18-15(21)10-13(11-16(18)23)25-19(26)12-5-6-14(20(27)28)17(24)9-12/h5-6,9-11H,7-8H2,1-4H3,(H,25,26)(H,27,28). The molecule has 0 spiro atoms. The van der Waals surface area contributed by atoms with E-state index in [1.807, 2.05) is 12.1 Å². The second-order valence-electron chi connectivity index (χ2n) is 8.60. The highest BCUT2D eigenvalue weighted by Crippen LogP contribution is 2.49. The van der Waals surface area contributed by atoms with Crippen molar-refractivity contribution in [2.75, 3.05) is 5.32 Å². The summed E-state index contributed by atoms with van der Waals surface area (Å²) >= 11 is 3.67. The number of carboxylic acid groups (broad SMARTS) is 1. The Morgan fingerprint density at radius 3 is 2.32 bits per heavy atom. The molecule has 1 aliphatic carbocycles. The van der Waals surface area contributed by atoms with Gasteiger partial charge < -0.3 is 10.4 Å². The highest BCUT2D eigenvalue weighted by atomic mass is 79.9. The number of carboxylic acids is 1. The number of nitrogens with one attached hydrogen (secondary N) is 1. The Kier molecular flexibility index (Phi) is 5.13. The van der Waals surface area contributed by atoms with Crippen LogP contribution in [0.4, 0.5) is 10.1 Å². The molecule has 2 N–H and O–H groups in total. The van der Waals surface area contributed by atoms with Gasteiger partial charge in [0, 0.05) is 15.7 Å². The second kappa shape index (κ2) is 6.99. The highest BCUT2D eigenvalue weighted by Gasteiger charge is 2.38. The number of anilines is 1. The first kappa shape index (κ1) is 20.5. The third-order valence-electron chi connectivity index (χ3n) is 5.59. The number of aromatic carboxylic acids is 1. The fourth-order valence-corrected chi connectivity index (χ4v) is 4.82. The first-order valence-electron chi connectivity index (χ1n) is 9.11. The van der Waals surface area contributed by atoms with Crippen LogP contribution in [0.5, 0.6) is 0 Å². The van der Waals surface area contributed by atoms with Crippen molar-refractivity contribution in [1.29, 1.82) is 0 Å². The van der Waals surface area contributed by atoms with E-state index in [9.17, 15) is 14.0 Å². The smallest absolute Gasteiger partial charge is 0.338 e. The SMILES string of the molecule is CC1(C)CCC(C)(C)c2c(Br)cc(NC(=O)c3ccc(C(=O)O)c(F)c3)cc21. The van der Waals surface area contributed by atoms with Gasteiger partial charge in [-0.2, -0.15) is 0 Å². The maximum Gasteiger partial charge on any atom is 0.338 e. The number of fused-ring (bicyclic) bond motifs is 1. The number of hydrogen-bond acceptors (Lipinski definition) is 2. The average Bonchev–Trinajstić information content (AvgIpc) is 2.58. The summed E-state index contributed by atoms with van der Waals surface area (Å²) in [5.74, 6) is -2.79. The molecule has 148 valence electrons. The van der Waals surface area contributed by atoms with Crippen LogP contribution >= 0.6 is 15.9 Å². The molecule has 4 nitrogen and oxygen atoms in total. The van der Waals surface area contributed by atoms with Gasteiger partial charge in [0.25, 0.3) is 5.91 Å². The normalized spacial score (nSPS) is 16.9. The molecule has 0 radical (unpaired) electrons. The van der Waals surface area contributed by atoms with Gasteiger partial charge in [0.15, 0.2) is 0 Å². The van der Waals surface area contributed by atoms with Gasteiger partial charge >= 0.3 is 5.97 Å². The molecule has 3 rings (SSSR count). The van der Waals surface area contributed by atoms with E-state index in [1.54, 1.807) is 0 Å². The van der Waals surface area contributed by atoms with Crippen LogP contribution in [-0.4, -0.2) is 17.0 Å². The number of rotatable bonds is 3. The lowest BCUT2D eigenvalue weighted by Crippen LogP contribution is -2.34. The van der Waals surface area contributed by atoms with Crippen LogP contribution < -0.4 is 5.32 Å². The summed E-state index contributed by atoms with van der Waals surface area (Å²) < 4.78 is 14.8. The molecular weight excluding hydrogens is 425 g/mol. The van der Waals surface area contributed by atoms with Crippen molar-refractivity contribution in [3.8, 4) is 0 Å². The molecule has 0 heterocycles. The average molecular weight is 448 g/mol. The number of carbonyl (C=O) groups excluding carboxylic acids is 1. The number of carbonyl (C=O) groups is 2. The molecular formula is C22H23BrFNO3. The fourth-order valence-electron chi connectivity index (χ4n) is 3.82. The topological polar surface area (TPSA) is 66.4 Å². The Balaban J connectivity index is 1.96. The van der Waals surface area contributed by atoms with Gasteiger partial charge in [-0.05, 0) is 65.1 Å². The molecule has 0 bridgehead atoms. The van der Waals surface area contributed by atoms with E-state index in [0.717, 1.165) is 29.4 Å². The van der Waals surface area contributed by atoms with E-state index in [0.29, 0.717) is 5.69 Å². The van der Waals surface area contributed by atoms with Crippen molar-refractivity contribution in [1.82, 2.24) is 0 Å². The lowest BCUT2D eigenvalue weighted by molar-refractivity contribution is 0.0691. The van der Waals surface area contributed by atoms with E-state index < -0.39 is 23.3 Å².